The van der Waals surface area contributed by atoms with E-state index in [1.54, 1.807) is 6.08 Å². The Morgan fingerprint density at radius 2 is 2.13 bits per heavy atom. The Morgan fingerprint density at radius 1 is 1.47 bits per heavy atom. The van der Waals surface area contributed by atoms with Crippen molar-refractivity contribution in [3.05, 3.63) is 12.7 Å². The summed E-state index contributed by atoms with van der Waals surface area (Å²) < 4.78 is 0. The lowest BCUT2D eigenvalue weighted by molar-refractivity contribution is -0.122. The smallest absolute Gasteiger partial charge is 0.237 e. The summed E-state index contributed by atoms with van der Waals surface area (Å²) in [5.41, 5.74) is 5.84. The molecule has 86 valence electrons. The SMILES string of the molecule is C=CCNC(=O)C(N)CC1CCCCC1. The van der Waals surface area contributed by atoms with Crippen LogP contribution in [0.3, 0.4) is 0 Å². The molecule has 0 heterocycles. The normalized spacial score (nSPS) is 19.5. The van der Waals surface area contributed by atoms with Crippen molar-refractivity contribution in [1.29, 1.82) is 0 Å². The number of carbonyl (C=O) groups is 1. The first-order valence-electron chi connectivity index (χ1n) is 5.88. The summed E-state index contributed by atoms with van der Waals surface area (Å²) in [5.74, 6) is 0.615. The lowest BCUT2D eigenvalue weighted by atomic mass is 9.85. The van der Waals surface area contributed by atoms with Gasteiger partial charge in [0.15, 0.2) is 0 Å². The van der Waals surface area contributed by atoms with Crippen molar-refractivity contribution in [2.75, 3.05) is 6.54 Å². The van der Waals surface area contributed by atoms with Gasteiger partial charge in [0.2, 0.25) is 5.91 Å². The third-order valence-electron chi connectivity index (χ3n) is 3.07. The molecule has 1 unspecified atom stereocenters. The van der Waals surface area contributed by atoms with E-state index in [2.05, 4.69) is 11.9 Å². The Hall–Kier alpha value is -0.830. The van der Waals surface area contributed by atoms with Crippen LogP contribution in [0.25, 0.3) is 0 Å². The first-order chi connectivity index (χ1) is 7.24. The number of nitrogens with one attached hydrogen (secondary N) is 1. The minimum absolute atomic E-state index is 0.0412. The molecule has 1 amide bonds. The van der Waals surface area contributed by atoms with Crippen molar-refractivity contribution in [2.24, 2.45) is 11.7 Å². The lowest BCUT2D eigenvalue weighted by Crippen LogP contribution is -2.42. The van der Waals surface area contributed by atoms with Crippen LogP contribution < -0.4 is 11.1 Å². The van der Waals surface area contributed by atoms with Crippen LogP contribution in [0.1, 0.15) is 38.5 Å². The number of hydrogen-bond donors (Lipinski definition) is 2. The fraction of sp³-hybridized carbons (Fsp3) is 0.750. The quantitative estimate of drug-likeness (QED) is 0.677. The van der Waals surface area contributed by atoms with E-state index in [0.29, 0.717) is 12.5 Å². The maximum Gasteiger partial charge on any atom is 0.237 e. The Bertz CT molecular complexity index is 210. The first-order valence-corrected chi connectivity index (χ1v) is 5.88. The first kappa shape index (κ1) is 12.2. The summed E-state index contributed by atoms with van der Waals surface area (Å²) in [4.78, 5) is 11.5. The Morgan fingerprint density at radius 3 is 2.73 bits per heavy atom. The van der Waals surface area contributed by atoms with Gasteiger partial charge < -0.3 is 11.1 Å². The van der Waals surface area contributed by atoms with Gasteiger partial charge in [0, 0.05) is 6.54 Å². The summed E-state index contributed by atoms with van der Waals surface area (Å²) in [6.45, 7) is 4.06. The number of carbonyl (C=O) groups excluding carboxylic acids is 1. The second-order valence-corrected chi connectivity index (χ2v) is 4.38. The molecule has 0 bridgehead atoms. The maximum atomic E-state index is 11.5. The molecular weight excluding hydrogens is 188 g/mol. The molecular formula is C12H22N2O. The summed E-state index contributed by atoms with van der Waals surface area (Å²) in [5, 5.41) is 2.74. The molecule has 3 N–H and O–H groups in total. The predicted molar refractivity (Wildman–Crippen MR) is 62.4 cm³/mol. The van der Waals surface area contributed by atoms with Crippen LogP contribution in [0, 0.1) is 5.92 Å². The highest BCUT2D eigenvalue weighted by molar-refractivity contribution is 5.81. The number of rotatable bonds is 5. The van der Waals surface area contributed by atoms with Gasteiger partial charge in [-0.25, -0.2) is 0 Å². The molecule has 1 aliphatic carbocycles. The van der Waals surface area contributed by atoms with Gasteiger partial charge in [-0.15, -0.1) is 6.58 Å². The summed E-state index contributed by atoms with van der Waals surface area (Å²) >= 11 is 0. The average molecular weight is 210 g/mol. The van der Waals surface area contributed by atoms with Gasteiger partial charge in [-0.3, -0.25) is 4.79 Å². The van der Waals surface area contributed by atoms with Crippen molar-refractivity contribution >= 4 is 5.91 Å². The minimum atomic E-state index is -0.340. The van der Waals surface area contributed by atoms with Crippen molar-refractivity contribution in [1.82, 2.24) is 5.32 Å². The Labute approximate surface area is 92.1 Å². The fourth-order valence-corrected chi connectivity index (χ4v) is 2.19. The average Bonchev–Trinajstić information content (AvgIpc) is 2.27. The van der Waals surface area contributed by atoms with Crippen molar-refractivity contribution in [3.8, 4) is 0 Å². The molecule has 3 nitrogen and oxygen atoms in total. The van der Waals surface area contributed by atoms with Crippen LogP contribution in [0.5, 0.6) is 0 Å². The molecule has 0 spiro atoms. The lowest BCUT2D eigenvalue weighted by Gasteiger charge is -2.23. The zero-order chi connectivity index (χ0) is 11.1. The standard InChI is InChI=1S/C12H22N2O/c1-2-8-14-12(15)11(13)9-10-6-4-3-5-7-10/h2,10-11H,1,3-9,13H2,(H,14,15). The van der Waals surface area contributed by atoms with Crippen molar-refractivity contribution < 1.29 is 4.79 Å². The van der Waals surface area contributed by atoms with Crippen molar-refractivity contribution in [3.63, 3.8) is 0 Å². The summed E-state index contributed by atoms with van der Waals surface area (Å²) in [6, 6.07) is -0.340. The molecule has 15 heavy (non-hydrogen) atoms. The highest BCUT2D eigenvalue weighted by Gasteiger charge is 2.20. The van der Waals surface area contributed by atoms with Gasteiger partial charge in [-0.2, -0.15) is 0 Å². The molecule has 1 rings (SSSR count). The highest BCUT2D eigenvalue weighted by Crippen LogP contribution is 2.26. The zero-order valence-electron chi connectivity index (χ0n) is 9.37. The van der Waals surface area contributed by atoms with Crippen molar-refractivity contribution in [2.45, 2.75) is 44.6 Å². The Kier molecular flexibility index (Phi) is 5.40. The molecule has 0 aromatic carbocycles. The third kappa shape index (κ3) is 4.47. The van der Waals surface area contributed by atoms with Crippen LogP contribution in [0.2, 0.25) is 0 Å². The number of amides is 1. The van der Waals surface area contributed by atoms with E-state index in [9.17, 15) is 4.79 Å². The molecule has 0 aromatic heterocycles. The van der Waals surface area contributed by atoms with Gasteiger partial charge in [-0.05, 0) is 12.3 Å². The van der Waals surface area contributed by atoms with E-state index < -0.39 is 0 Å². The van der Waals surface area contributed by atoms with Gasteiger partial charge in [-0.1, -0.05) is 38.2 Å². The molecule has 0 saturated heterocycles. The summed E-state index contributed by atoms with van der Waals surface area (Å²) in [6.07, 6.45) is 8.92. The predicted octanol–water partition coefficient (Wildman–Crippen LogP) is 1.59. The molecule has 1 fully saturated rings. The molecule has 1 aliphatic rings. The third-order valence-corrected chi connectivity index (χ3v) is 3.07. The fourth-order valence-electron chi connectivity index (χ4n) is 2.19. The van der Waals surface area contributed by atoms with E-state index in [-0.39, 0.29) is 11.9 Å². The number of hydrogen-bond acceptors (Lipinski definition) is 2. The van der Waals surface area contributed by atoms with E-state index in [0.717, 1.165) is 6.42 Å². The molecule has 0 radical (unpaired) electrons. The van der Waals surface area contributed by atoms with Crippen LogP contribution in [0.15, 0.2) is 12.7 Å². The van der Waals surface area contributed by atoms with Gasteiger partial charge >= 0.3 is 0 Å². The number of nitrogens with two attached hydrogens (primary N) is 1. The van der Waals surface area contributed by atoms with E-state index in [1.807, 2.05) is 0 Å². The highest BCUT2D eigenvalue weighted by atomic mass is 16.2. The summed E-state index contributed by atoms with van der Waals surface area (Å²) in [7, 11) is 0. The van der Waals surface area contributed by atoms with Crippen LogP contribution in [-0.2, 0) is 4.79 Å². The molecule has 0 aromatic rings. The monoisotopic (exact) mass is 210 g/mol. The molecule has 1 atom stereocenters. The maximum absolute atomic E-state index is 11.5. The van der Waals surface area contributed by atoms with Crippen LogP contribution in [-0.4, -0.2) is 18.5 Å². The van der Waals surface area contributed by atoms with Crippen LogP contribution in [0.4, 0.5) is 0 Å². The minimum Gasteiger partial charge on any atom is -0.351 e. The molecule has 3 heteroatoms. The van der Waals surface area contributed by atoms with Crippen LogP contribution >= 0.6 is 0 Å². The van der Waals surface area contributed by atoms with E-state index >= 15 is 0 Å². The second kappa shape index (κ2) is 6.62. The van der Waals surface area contributed by atoms with Gasteiger partial charge in [0.1, 0.15) is 0 Å². The van der Waals surface area contributed by atoms with Gasteiger partial charge in [0.25, 0.3) is 0 Å². The largest absolute Gasteiger partial charge is 0.351 e. The van der Waals surface area contributed by atoms with E-state index in [1.165, 1.54) is 32.1 Å². The van der Waals surface area contributed by atoms with E-state index in [4.69, 9.17) is 5.73 Å². The molecule has 1 saturated carbocycles. The zero-order valence-corrected chi connectivity index (χ0v) is 9.37. The molecule has 0 aliphatic heterocycles. The topological polar surface area (TPSA) is 55.1 Å². The van der Waals surface area contributed by atoms with Gasteiger partial charge in [0.05, 0.1) is 6.04 Å². The second-order valence-electron chi connectivity index (χ2n) is 4.38. The Balaban J connectivity index is 2.23.